The van der Waals surface area contributed by atoms with E-state index in [0.717, 1.165) is 19.2 Å². The van der Waals surface area contributed by atoms with Crippen molar-refractivity contribution < 1.29 is 41.1 Å². The van der Waals surface area contributed by atoms with Gasteiger partial charge in [-0.15, -0.1) is 0 Å². The summed E-state index contributed by atoms with van der Waals surface area (Å²) >= 11 is 0. The number of H-pyrrole nitrogens is 1. The van der Waals surface area contributed by atoms with Crippen LogP contribution in [0.3, 0.4) is 0 Å². The summed E-state index contributed by atoms with van der Waals surface area (Å²) in [6.07, 6.45) is -5.30. The van der Waals surface area contributed by atoms with Gasteiger partial charge in [0.2, 0.25) is 5.91 Å². The van der Waals surface area contributed by atoms with Crippen molar-refractivity contribution in [1.82, 2.24) is 26.1 Å². The van der Waals surface area contributed by atoms with Gasteiger partial charge in [-0.05, 0) is 18.2 Å². The second kappa shape index (κ2) is 12.2. The van der Waals surface area contributed by atoms with E-state index < -0.39 is 66.1 Å². The highest BCUT2D eigenvalue weighted by atomic mass is 19.4. The summed E-state index contributed by atoms with van der Waals surface area (Å²) < 4.78 is 72.3. The van der Waals surface area contributed by atoms with E-state index in [1.54, 1.807) is 0 Å². The zero-order valence-electron chi connectivity index (χ0n) is 21.4. The van der Waals surface area contributed by atoms with Crippen molar-refractivity contribution in [3.63, 3.8) is 0 Å². The molecule has 3 aromatic rings. The van der Waals surface area contributed by atoms with Crippen LogP contribution in [0.25, 0.3) is 10.9 Å². The second-order valence-electron chi connectivity index (χ2n) is 8.94. The van der Waals surface area contributed by atoms with Gasteiger partial charge in [0.05, 0.1) is 62.2 Å². The number of carbonyl (C=O) groups is 3. The van der Waals surface area contributed by atoms with E-state index >= 15 is 0 Å². The van der Waals surface area contributed by atoms with Gasteiger partial charge >= 0.3 is 12.1 Å². The number of halogens is 5. The van der Waals surface area contributed by atoms with Gasteiger partial charge in [0, 0.05) is 16.5 Å². The first-order valence-corrected chi connectivity index (χ1v) is 12.1. The molecule has 41 heavy (non-hydrogen) atoms. The molecular weight excluding hydrogens is 557 g/mol. The number of nitrogens with zero attached hydrogens (tertiary/aromatic N) is 2. The number of methoxy groups -OCH3 is 1. The van der Waals surface area contributed by atoms with Gasteiger partial charge in [-0.3, -0.25) is 19.5 Å². The smallest absolute Gasteiger partial charge is 0.419 e. The number of esters is 1. The number of hydrogen-bond acceptors (Lipinski definition) is 8. The molecule has 0 fully saturated rings. The third kappa shape index (κ3) is 7.06. The Kier molecular flexibility index (Phi) is 8.68. The Balaban J connectivity index is 1.48. The largest absolute Gasteiger partial charge is 0.469 e. The van der Waals surface area contributed by atoms with Crippen LogP contribution in [0.5, 0.6) is 0 Å². The topological polar surface area (TPSA) is 150 Å². The lowest BCUT2D eigenvalue weighted by Crippen LogP contribution is -2.41. The summed E-state index contributed by atoms with van der Waals surface area (Å²) in [7, 11) is 1.03. The monoisotopic (exact) mass is 581 g/mol. The van der Waals surface area contributed by atoms with Gasteiger partial charge in [0.25, 0.3) is 5.91 Å². The Morgan fingerprint density at radius 1 is 1.22 bits per heavy atom. The fourth-order valence-corrected chi connectivity index (χ4v) is 4.05. The summed E-state index contributed by atoms with van der Waals surface area (Å²) in [4.78, 5) is 41.4. The highest BCUT2D eigenvalue weighted by Crippen LogP contribution is 2.34. The number of nitrogens with one attached hydrogen (secondary N) is 5. The fourth-order valence-electron chi connectivity index (χ4n) is 4.05. The number of hydrogen-bond donors (Lipinski definition) is 5. The van der Waals surface area contributed by atoms with Crippen molar-refractivity contribution in [2.24, 2.45) is 4.99 Å². The minimum Gasteiger partial charge on any atom is -0.469 e. The predicted molar refractivity (Wildman–Crippen MR) is 136 cm³/mol. The molecule has 0 radical (unpaired) electrons. The van der Waals surface area contributed by atoms with Crippen molar-refractivity contribution in [2.75, 3.05) is 32.1 Å². The second-order valence-corrected chi connectivity index (χ2v) is 8.94. The molecule has 0 spiro atoms. The van der Waals surface area contributed by atoms with Gasteiger partial charge < -0.3 is 26.0 Å². The van der Waals surface area contributed by atoms with Crippen LogP contribution in [0.2, 0.25) is 0 Å². The van der Waals surface area contributed by atoms with Gasteiger partial charge in [-0.25, -0.2) is 13.8 Å². The number of aromatic nitrogens is 2. The highest BCUT2D eigenvalue weighted by molar-refractivity contribution is 6.07. The number of benzene rings is 2. The molecule has 2 aromatic carbocycles. The average molecular weight is 582 g/mol. The van der Waals surface area contributed by atoms with Gasteiger partial charge in [0.1, 0.15) is 12.0 Å². The molecule has 1 unspecified atom stereocenters. The van der Waals surface area contributed by atoms with E-state index in [1.165, 1.54) is 18.3 Å². The number of guanidine groups is 1. The first-order chi connectivity index (χ1) is 19.5. The van der Waals surface area contributed by atoms with Crippen molar-refractivity contribution in [1.29, 1.82) is 0 Å². The van der Waals surface area contributed by atoms with E-state index in [2.05, 4.69) is 41.2 Å². The quantitative estimate of drug-likeness (QED) is 0.203. The third-order valence-electron chi connectivity index (χ3n) is 6.07. The lowest BCUT2D eigenvalue weighted by molar-refractivity contribution is -0.141. The Hall–Kier alpha value is -4.76. The number of aliphatic imine (C=N–C) groups is 1. The summed E-state index contributed by atoms with van der Waals surface area (Å²) in [5, 5.41) is 17.7. The Morgan fingerprint density at radius 3 is 2.68 bits per heavy atom. The third-order valence-corrected chi connectivity index (χ3v) is 6.07. The summed E-state index contributed by atoms with van der Waals surface area (Å²) in [6.45, 7) is -0.648. The minimum atomic E-state index is -5.01. The molecule has 1 aromatic heterocycles. The fraction of sp³-hybridized carbons (Fsp3) is 0.320. The number of rotatable bonds is 8. The highest BCUT2D eigenvalue weighted by Gasteiger charge is 2.36. The maximum Gasteiger partial charge on any atom is 0.419 e. The van der Waals surface area contributed by atoms with E-state index in [9.17, 15) is 36.3 Å². The van der Waals surface area contributed by atoms with Crippen LogP contribution < -0.4 is 21.3 Å². The molecule has 4 rings (SSSR count). The summed E-state index contributed by atoms with van der Waals surface area (Å²) in [5.41, 5.74) is -1.18. The van der Waals surface area contributed by atoms with E-state index in [0.29, 0.717) is 22.7 Å². The van der Waals surface area contributed by atoms with Gasteiger partial charge in [0.15, 0.2) is 5.96 Å². The minimum absolute atomic E-state index is 0.0411. The van der Waals surface area contributed by atoms with Crippen LogP contribution in [-0.2, 0) is 20.5 Å². The van der Waals surface area contributed by atoms with Crippen LogP contribution >= 0.6 is 0 Å². The lowest BCUT2D eigenvalue weighted by atomic mass is 9.99. The van der Waals surface area contributed by atoms with Crippen LogP contribution in [-0.4, -0.2) is 66.9 Å². The number of aromatic amines is 1. The SMILES string of the molecule is COC(=O)C[C@H](NC(=O)CNC(=O)c1cc(NC2=NCC(F)CN2)c2cn[nH]c2c1)c1cccc(C(F)(F)F)c1F. The predicted octanol–water partition coefficient (Wildman–Crippen LogP) is 2.58. The molecule has 2 heterocycles. The first kappa shape index (κ1) is 29.2. The molecule has 0 aliphatic carbocycles. The number of anilines is 1. The number of carbonyl (C=O) groups excluding carboxylic acids is 3. The number of amides is 2. The molecule has 16 heteroatoms. The zero-order valence-corrected chi connectivity index (χ0v) is 21.4. The van der Waals surface area contributed by atoms with Crippen molar-refractivity contribution >= 4 is 40.3 Å². The molecule has 0 saturated heterocycles. The summed E-state index contributed by atoms with van der Waals surface area (Å²) in [5.74, 6) is -3.89. The first-order valence-electron chi connectivity index (χ1n) is 12.1. The molecular formula is C25H24F5N7O4. The number of ether oxygens (including phenoxy) is 1. The van der Waals surface area contributed by atoms with Gasteiger partial charge in [-0.1, -0.05) is 12.1 Å². The molecule has 2 atom stereocenters. The number of fused-ring (bicyclic) bond motifs is 1. The van der Waals surface area contributed by atoms with Crippen LogP contribution in [0.1, 0.15) is 33.9 Å². The molecule has 0 saturated carbocycles. The molecule has 0 bridgehead atoms. The van der Waals surface area contributed by atoms with Crippen molar-refractivity contribution in [2.45, 2.75) is 24.8 Å². The molecule has 11 nitrogen and oxygen atoms in total. The van der Waals surface area contributed by atoms with Crippen molar-refractivity contribution in [3.8, 4) is 0 Å². The van der Waals surface area contributed by atoms with Crippen LogP contribution in [0, 0.1) is 5.82 Å². The summed E-state index contributed by atoms with van der Waals surface area (Å²) in [6, 6.07) is 3.89. The average Bonchev–Trinajstić information content (AvgIpc) is 3.41. The number of alkyl halides is 4. The standard InChI is InChI=1S/C25H24F5N7O4/c1-41-21(39)7-18(14-3-2-4-16(22(14)27)25(28,29)30)35-20(38)11-31-23(40)12-5-17(15-10-34-37-19(15)6-12)36-24-32-8-13(26)9-33-24/h2-6,10,13,18H,7-9,11H2,1H3,(H,31,40)(H,34,37)(H,35,38)(H2,32,33,36)/t18-/m0/s1. The maximum atomic E-state index is 14.7. The van der Waals surface area contributed by atoms with E-state index in [-0.39, 0.29) is 24.6 Å². The normalized spacial score (nSPS) is 15.9. The van der Waals surface area contributed by atoms with Crippen LogP contribution in [0.4, 0.5) is 27.6 Å². The van der Waals surface area contributed by atoms with Gasteiger partial charge in [-0.2, -0.15) is 18.3 Å². The Bertz CT molecular complexity index is 1490. The van der Waals surface area contributed by atoms with E-state index in [1.807, 2.05) is 0 Å². The van der Waals surface area contributed by atoms with Crippen LogP contribution in [0.15, 0.2) is 41.5 Å². The van der Waals surface area contributed by atoms with E-state index in [4.69, 9.17) is 0 Å². The molecule has 1 aliphatic heterocycles. The Labute approximate surface area is 228 Å². The molecule has 2 amide bonds. The molecule has 1 aliphatic rings. The molecule has 218 valence electrons. The Morgan fingerprint density at radius 2 is 2.00 bits per heavy atom. The maximum absolute atomic E-state index is 14.7. The molecule has 5 N–H and O–H groups in total. The lowest BCUT2D eigenvalue weighted by Gasteiger charge is -2.21. The van der Waals surface area contributed by atoms with Crippen molar-refractivity contribution in [3.05, 3.63) is 59.0 Å². The zero-order chi connectivity index (χ0) is 29.7.